The fraction of sp³-hybridized carbons (Fsp3) is 0.250. The molecule has 0 fully saturated rings. The van der Waals surface area contributed by atoms with Gasteiger partial charge in [-0.25, -0.2) is 8.78 Å². The molecule has 1 radical (unpaired) electrons. The fourth-order valence-corrected chi connectivity index (χ4v) is 0.856. The molecular formula is C8H8F2N. The van der Waals surface area contributed by atoms with Crippen LogP contribution < -0.4 is 0 Å². The van der Waals surface area contributed by atoms with E-state index in [-0.39, 0.29) is 5.56 Å². The molecule has 0 amide bonds. The largest absolute Gasteiger partial charge is 0.265 e. The first-order chi connectivity index (χ1) is 5.25. The van der Waals surface area contributed by atoms with Gasteiger partial charge in [-0.2, -0.15) is 0 Å². The highest BCUT2D eigenvalue weighted by molar-refractivity contribution is 5.25. The Morgan fingerprint density at radius 2 is 2.27 bits per heavy atom. The SMILES string of the molecule is C[CH]c1ncccc1C(F)F. The molecule has 0 atom stereocenters. The lowest BCUT2D eigenvalue weighted by molar-refractivity contribution is 0.150. The van der Waals surface area contributed by atoms with Gasteiger partial charge in [0.15, 0.2) is 0 Å². The number of pyridine rings is 1. The van der Waals surface area contributed by atoms with Crippen molar-refractivity contribution in [3.05, 3.63) is 36.0 Å². The molecule has 0 saturated carbocycles. The van der Waals surface area contributed by atoms with Gasteiger partial charge in [0.25, 0.3) is 6.43 Å². The van der Waals surface area contributed by atoms with E-state index >= 15 is 0 Å². The van der Waals surface area contributed by atoms with E-state index in [4.69, 9.17) is 0 Å². The number of aromatic nitrogens is 1. The van der Waals surface area contributed by atoms with Crippen molar-refractivity contribution in [2.24, 2.45) is 0 Å². The molecule has 0 bridgehead atoms. The van der Waals surface area contributed by atoms with Gasteiger partial charge in [-0.15, -0.1) is 0 Å². The quantitative estimate of drug-likeness (QED) is 0.641. The number of nitrogens with zero attached hydrogens (tertiary/aromatic N) is 1. The maximum absolute atomic E-state index is 12.2. The molecular weight excluding hydrogens is 148 g/mol. The van der Waals surface area contributed by atoms with Crippen LogP contribution in [-0.2, 0) is 0 Å². The average Bonchev–Trinajstić information content (AvgIpc) is 2.04. The zero-order valence-corrected chi connectivity index (χ0v) is 6.09. The zero-order valence-electron chi connectivity index (χ0n) is 6.09. The van der Waals surface area contributed by atoms with Crippen molar-refractivity contribution in [3.63, 3.8) is 0 Å². The number of halogens is 2. The second-order valence-electron chi connectivity index (χ2n) is 2.07. The third-order valence-corrected chi connectivity index (χ3v) is 1.38. The Hall–Kier alpha value is -0.990. The summed E-state index contributed by atoms with van der Waals surface area (Å²) >= 11 is 0. The fourth-order valence-electron chi connectivity index (χ4n) is 0.856. The van der Waals surface area contributed by atoms with Crippen molar-refractivity contribution >= 4 is 0 Å². The Labute approximate surface area is 64.1 Å². The van der Waals surface area contributed by atoms with Crippen LogP contribution in [0, 0.1) is 6.42 Å². The number of rotatable bonds is 2. The lowest BCUT2D eigenvalue weighted by Crippen LogP contribution is -1.93. The monoisotopic (exact) mass is 156 g/mol. The van der Waals surface area contributed by atoms with Crippen LogP contribution in [0.4, 0.5) is 8.78 Å². The molecule has 1 rings (SSSR count). The molecule has 0 aliphatic carbocycles. The summed E-state index contributed by atoms with van der Waals surface area (Å²) in [5.41, 5.74) is 0.359. The second kappa shape index (κ2) is 3.42. The lowest BCUT2D eigenvalue weighted by atomic mass is 10.1. The van der Waals surface area contributed by atoms with Crippen molar-refractivity contribution in [2.45, 2.75) is 13.3 Å². The molecule has 1 heterocycles. The van der Waals surface area contributed by atoms with Crippen LogP contribution in [0.25, 0.3) is 0 Å². The van der Waals surface area contributed by atoms with Crippen LogP contribution in [0.3, 0.4) is 0 Å². The van der Waals surface area contributed by atoms with Gasteiger partial charge in [0.05, 0.1) is 5.69 Å². The molecule has 59 valence electrons. The summed E-state index contributed by atoms with van der Waals surface area (Å²) in [6.45, 7) is 1.69. The molecule has 3 heteroatoms. The van der Waals surface area contributed by atoms with Gasteiger partial charge in [0.2, 0.25) is 0 Å². The highest BCUT2D eigenvalue weighted by Gasteiger charge is 2.11. The minimum atomic E-state index is -2.44. The number of hydrogen-bond acceptors (Lipinski definition) is 1. The summed E-state index contributed by atoms with van der Waals surface area (Å²) in [5, 5.41) is 0. The third kappa shape index (κ3) is 1.73. The van der Waals surface area contributed by atoms with E-state index in [2.05, 4.69) is 4.98 Å². The van der Waals surface area contributed by atoms with Crippen molar-refractivity contribution in [3.8, 4) is 0 Å². The normalized spacial score (nSPS) is 10.5. The molecule has 1 nitrogen and oxygen atoms in total. The van der Waals surface area contributed by atoms with E-state index in [9.17, 15) is 8.78 Å². The van der Waals surface area contributed by atoms with Crippen LogP contribution in [-0.4, -0.2) is 4.98 Å². The van der Waals surface area contributed by atoms with E-state index in [1.807, 2.05) is 0 Å². The van der Waals surface area contributed by atoms with Gasteiger partial charge in [-0.1, -0.05) is 6.92 Å². The van der Waals surface area contributed by atoms with Gasteiger partial charge in [-0.3, -0.25) is 4.98 Å². The van der Waals surface area contributed by atoms with Gasteiger partial charge >= 0.3 is 0 Å². The maximum Gasteiger partial charge on any atom is 0.265 e. The first kappa shape index (κ1) is 8.11. The van der Waals surface area contributed by atoms with E-state index in [1.54, 1.807) is 13.3 Å². The predicted molar refractivity (Wildman–Crippen MR) is 38.3 cm³/mol. The van der Waals surface area contributed by atoms with Crippen molar-refractivity contribution < 1.29 is 8.78 Å². The Bertz CT molecular complexity index is 235. The molecule has 0 unspecified atom stereocenters. The van der Waals surface area contributed by atoms with Crippen LogP contribution in [0.2, 0.25) is 0 Å². The molecule has 0 aliphatic heterocycles. The number of alkyl halides is 2. The highest BCUT2D eigenvalue weighted by atomic mass is 19.3. The molecule has 0 N–H and O–H groups in total. The molecule has 0 aromatic carbocycles. The summed E-state index contributed by atoms with van der Waals surface area (Å²) in [5.74, 6) is 0. The van der Waals surface area contributed by atoms with Crippen molar-refractivity contribution in [1.29, 1.82) is 0 Å². The molecule has 1 aromatic rings. The lowest BCUT2D eigenvalue weighted by Gasteiger charge is -2.03. The van der Waals surface area contributed by atoms with Crippen molar-refractivity contribution in [2.75, 3.05) is 0 Å². The molecule has 0 aliphatic rings. The van der Waals surface area contributed by atoms with Gasteiger partial charge in [0, 0.05) is 18.2 Å². The standard InChI is InChI=1S/C8H8F2N/c1-2-7-6(8(9)10)4-3-5-11-7/h2-5,8H,1H3. The first-order valence-corrected chi connectivity index (χ1v) is 3.28. The summed E-state index contributed by atoms with van der Waals surface area (Å²) in [6, 6.07) is 2.89. The first-order valence-electron chi connectivity index (χ1n) is 3.28. The summed E-state index contributed by atoms with van der Waals surface area (Å²) < 4.78 is 24.3. The smallest absolute Gasteiger partial charge is 0.260 e. The van der Waals surface area contributed by atoms with Gasteiger partial charge in [0.1, 0.15) is 0 Å². The Kier molecular flexibility index (Phi) is 2.52. The molecule has 1 aromatic heterocycles. The Morgan fingerprint density at radius 1 is 1.55 bits per heavy atom. The minimum absolute atomic E-state index is 0.00463. The Balaban J connectivity index is 3.02. The predicted octanol–water partition coefficient (Wildman–Crippen LogP) is 2.59. The zero-order chi connectivity index (χ0) is 8.27. The van der Waals surface area contributed by atoms with E-state index in [1.165, 1.54) is 18.3 Å². The van der Waals surface area contributed by atoms with Gasteiger partial charge < -0.3 is 0 Å². The van der Waals surface area contributed by atoms with Crippen LogP contribution >= 0.6 is 0 Å². The van der Waals surface area contributed by atoms with Crippen LogP contribution in [0.15, 0.2) is 18.3 Å². The molecule has 11 heavy (non-hydrogen) atoms. The Morgan fingerprint density at radius 3 is 2.73 bits per heavy atom. The van der Waals surface area contributed by atoms with Crippen LogP contribution in [0.1, 0.15) is 24.6 Å². The van der Waals surface area contributed by atoms with Gasteiger partial charge in [-0.05, 0) is 12.1 Å². The third-order valence-electron chi connectivity index (χ3n) is 1.38. The van der Waals surface area contributed by atoms with Crippen molar-refractivity contribution in [1.82, 2.24) is 4.98 Å². The highest BCUT2D eigenvalue weighted by Crippen LogP contribution is 2.21. The number of hydrogen-bond donors (Lipinski definition) is 0. The van der Waals surface area contributed by atoms with E-state index in [0.717, 1.165) is 0 Å². The maximum atomic E-state index is 12.2. The molecule has 0 saturated heterocycles. The van der Waals surface area contributed by atoms with E-state index < -0.39 is 6.43 Å². The summed E-state index contributed by atoms with van der Waals surface area (Å²) in [6.07, 6.45) is 0.637. The van der Waals surface area contributed by atoms with Crippen LogP contribution in [0.5, 0.6) is 0 Å². The minimum Gasteiger partial charge on any atom is -0.260 e. The summed E-state index contributed by atoms with van der Waals surface area (Å²) in [7, 11) is 0. The molecule has 0 spiro atoms. The summed E-state index contributed by atoms with van der Waals surface area (Å²) in [4.78, 5) is 3.78. The second-order valence-corrected chi connectivity index (χ2v) is 2.07. The van der Waals surface area contributed by atoms with E-state index in [0.29, 0.717) is 5.69 Å². The topological polar surface area (TPSA) is 12.9 Å². The average molecular weight is 156 g/mol.